The van der Waals surface area contributed by atoms with E-state index in [9.17, 15) is 22.0 Å². The number of carbonyl (C=O) groups excluding carboxylic acids is 1. The van der Waals surface area contributed by atoms with Crippen molar-refractivity contribution in [3.05, 3.63) is 65.7 Å². The molecule has 0 atom stereocenters. The van der Waals surface area contributed by atoms with Gasteiger partial charge in [-0.2, -0.15) is 4.31 Å². The smallest absolute Gasteiger partial charge is 0.238 e. The summed E-state index contributed by atoms with van der Waals surface area (Å²) in [6, 6.07) is 12.1. The van der Waals surface area contributed by atoms with Crippen LogP contribution in [-0.4, -0.2) is 56.3 Å². The summed E-state index contributed by atoms with van der Waals surface area (Å²) < 4.78 is 52.7. The van der Waals surface area contributed by atoms with Crippen LogP contribution in [0.2, 0.25) is 0 Å². The minimum Gasteiger partial charge on any atom is -0.325 e. The fourth-order valence-corrected chi connectivity index (χ4v) is 4.54. The van der Waals surface area contributed by atoms with Crippen LogP contribution in [0.25, 0.3) is 0 Å². The number of nitrogens with zero attached hydrogens (tertiary/aromatic N) is 2. The van der Waals surface area contributed by atoms with Gasteiger partial charge >= 0.3 is 0 Å². The average Bonchev–Trinajstić information content (AvgIpc) is 2.65. The van der Waals surface area contributed by atoms with Crippen molar-refractivity contribution in [3.8, 4) is 0 Å². The second-order valence-electron chi connectivity index (χ2n) is 6.59. The summed E-state index contributed by atoms with van der Waals surface area (Å²) in [5, 5.41) is 2.51. The summed E-state index contributed by atoms with van der Waals surface area (Å²) in [5.74, 6) is -2.43. The molecule has 150 valence electrons. The third-order valence-corrected chi connectivity index (χ3v) is 6.34. The highest BCUT2D eigenvalue weighted by Gasteiger charge is 2.27. The number of anilines is 1. The van der Waals surface area contributed by atoms with Gasteiger partial charge in [0.25, 0.3) is 0 Å². The number of benzene rings is 2. The van der Waals surface area contributed by atoms with E-state index in [0.717, 1.165) is 17.7 Å². The van der Waals surface area contributed by atoms with E-state index in [-0.39, 0.29) is 23.9 Å². The molecule has 3 rings (SSSR count). The number of sulfonamides is 1. The summed E-state index contributed by atoms with van der Waals surface area (Å²) in [6.45, 7) is 1.48. The minimum atomic E-state index is -3.42. The van der Waals surface area contributed by atoms with Crippen LogP contribution in [0.1, 0.15) is 5.56 Å². The van der Waals surface area contributed by atoms with Crippen LogP contribution in [0, 0.1) is 11.6 Å². The van der Waals surface area contributed by atoms with E-state index in [4.69, 9.17) is 0 Å². The highest BCUT2D eigenvalue weighted by atomic mass is 32.2. The van der Waals surface area contributed by atoms with E-state index in [1.807, 2.05) is 11.0 Å². The van der Waals surface area contributed by atoms with Crippen molar-refractivity contribution in [2.75, 3.05) is 38.0 Å². The van der Waals surface area contributed by atoms with E-state index in [1.54, 1.807) is 24.3 Å². The lowest BCUT2D eigenvalue weighted by molar-refractivity contribution is -0.117. The Kier molecular flexibility index (Phi) is 6.38. The van der Waals surface area contributed by atoms with Gasteiger partial charge in [0, 0.05) is 37.9 Å². The quantitative estimate of drug-likeness (QED) is 0.793. The van der Waals surface area contributed by atoms with Crippen molar-refractivity contribution in [1.29, 1.82) is 0 Å². The zero-order valence-electron chi connectivity index (χ0n) is 15.1. The van der Waals surface area contributed by atoms with Gasteiger partial charge in [0.2, 0.25) is 15.9 Å². The largest absolute Gasteiger partial charge is 0.325 e. The van der Waals surface area contributed by atoms with Gasteiger partial charge in [-0.3, -0.25) is 9.69 Å². The lowest BCUT2D eigenvalue weighted by Gasteiger charge is -2.33. The Hall–Kier alpha value is -2.36. The van der Waals surface area contributed by atoms with Crippen LogP contribution in [0.15, 0.2) is 48.5 Å². The van der Waals surface area contributed by atoms with Crippen molar-refractivity contribution < 1.29 is 22.0 Å². The molecule has 1 fully saturated rings. The molecule has 0 aromatic heterocycles. The number of carbonyl (C=O) groups is 1. The molecule has 9 heteroatoms. The molecule has 0 spiro atoms. The summed E-state index contributed by atoms with van der Waals surface area (Å²) in [5.41, 5.74) is 0.906. The monoisotopic (exact) mass is 409 g/mol. The number of hydrogen-bond donors (Lipinski definition) is 1. The van der Waals surface area contributed by atoms with Gasteiger partial charge in [0.05, 0.1) is 12.3 Å². The second kappa shape index (κ2) is 8.76. The molecule has 2 aromatic rings. The number of hydrogen-bond acceptors (Lipinski definition) is 4. The van der Waals surface area contributed by atoms with Gasteiger partial charge in [-0.25, -0.2) is 17.2 Å². The normalized spacial score (nSPS) is 16.1. The van der Waals surface area contributed by atoms with Crippen molar-refractivity contribution in [3.63, 3.8) is 0 Å². The predicted octanol–water partition coefficient (Wildman–Crippen LogP) is 2.05. The second-order valence-corrected chi connectivity index (χ2v) is 8.56. The lowest BCUT2D eigenvalue weighted by Crippen LogP contribution is -2.50. The Balaban J connectivity index is 1.49. The summed E-state index contributed by atoms with van der Waals surface area (Å²) in [7, 11) is -3.42. The first-order chi connectivity index (χ1) is 13.3. The van der Waals surface area contributed by atoms with Gasteiger partial charge in [-0.05, 0) is 17.7 Å². The molecule has 1 amide bonds. The van der Waals surface area contributed by atoms with Crippen LogP contribution in [-0.2, 0) is 20.6 Å². The molecule has 1 saturated heterocycles. The number of rotatable bonds is 6. The molecule has 0 saturated carbocycles. The van der Waals surface area contributed by atoms with Crippen LogP contribution in [0.4, 0.5) is 14.5 Å². The molecule has 0 aliphatic carbocycles. The maximum absolute atomic E-state index is 13.2. The van der Waals surface area contributed by atoms with Gasteiger partial charge in [0.1, 0.15) is 0 Å². The van der Waals surface area contributed by atoms with Crippen LogP contribution >= 0.6 is 0 Å². The Bertz CT molecular complexity index is 931. The molecule has 28 heavy (non-hydrogen) atoms. The van der Waals surface area contributed by atoms with Crippen molar-refractivity contribution in [1.82, 2.24) is 9.21 Å². The minimum absolute atomic E-state index is 0.0472. The molecule has 0 unspecified atom stereocenters. The standard InChI is InChI=1S/C19H21F2N3O3S/c20-17-7-6-16(12-18(17)21)22-19(25)13-23-8-10-24(11-9-23)28(26,27)14-15-4-2-1-3-5-15/h1-7,12H,8-11,13-14H2,(H,22,25). The predicted molar refractivity (Wildman–Crippen MR) is 102 cm³/mol. The zero-order valence-corrected chi connectivity index (χ0v) is 16.0. The maximum Gasteiger partial charge on any atom is 0.238 e. The van der Waals surface area contributed by atoms with Gasteiger partial charge in [0.15, 0.2) is 11.6 Å². The van der Waals surface area contributed by atoms with E-state index in [2.05, 4.69) is 5.32 Å². The fourth-order valence-electron chi connectivity index (χ4n) is 3.02. The first kappa shape index (κ1) is 20.4. The summed E-state index contributed by atoms with van der Waals surface area (Å²) >= 11 is 0. The number of amides is 1. The van der Waals surface area contributed by atoms with Gasteiger partial charge < -0.3 is 5.32 Å². The van der Waals surface area contributed by atoms with Crippen LogP contribution < -0.4 is 5.32 Å². The Morgan fingerprint density at radius 2 is 1.64 bits per heavy atom. The fraction of sp³-hybridized carbons (Fsp3) is 0.316. The van der Waals surface area contributed by atoms with E-state index < -0.39 is 21.7 Å². The number of nitrogens with one attached hydrogen (secondary N) is 1. The molecule has 1 heterocycles. The highest BCUT2D eigenvalue weighted by molar-refractivity contribution is 7.88. The third-order valence-electron chi connectivity index (χ3n) is 4.49. The molecule has 0 radical (unpaired) electrons. The molecular formula is C19H21F2N3O3S. The van der Waals surface area contributed by atoms with Gasteiger partial charge in [-0.1, -0.05) is 30.3 Å². The number of halogens is 2. The lowest BCUT2D eigenvalue weighted by atomic mass is 10.2. The molecular weight excluding hydrogens is 388 g/mol. The maximum atomic E-state index is 13.2. The summed E-state index contributed by atoms with van der Waals surface area (Å²) in [6.07, 6.45) is 0. The molecule has 6 nitrogen and oxygen atoms in total. The van der Waals surface area contributed by atoms with Gasteiger partial charge in [-0.15, -0.1) is 0 Å². The molecule has 2 aromatic carbocycles. The van der Waals surface area contributed by atoms with Crippen molar-refractivity contribution >= 4 is 21.6 Å². The van der Waals surface area contributed by atoms with E-state index >= 15 is 0 Å². The zero-order chi connectivity index (χ0) is 20.1. The molecule has 1 aliphatic rings. The highest BCUT2D eigenvalue weighted by Crippen LogP contribution is 2.15. The van der Waals surface area contributed by atoms with Crippen molar-refractivity contribution in [2.45, 2.75) is 5.75 Å². The van der Waals surface area contributed by atoms with Crippen LogP contribution in [0.3, 0.4) is 0 Å². The van der Waals surface area contributed by atoms with Crippen LogP contribution in [0.5, 0.6) is 0 Å². The SMILES string of the molecule is O=C(CN1CCN(S(=O)(=O)Cc2ccccc2)CC1)Nc1ccc(F)c(F)c1. The number of piperazine rings is 1. The Labute approximate surface area is 162 Å². The van der Waals surface area contributed by atoms with E-state index in [0.29, 0.717) is 26.2 Å². The Morgan fingerprint density at radius 1 is 0.964 bits per heavy atom. The Morgan fingerprint density at radius 3 is 2.29 bits per heavy atom. The van der Waals surface area contributed by atoms with E-state index in [1.165, 1.54) is 10.4 Å². The average molecular weight is 409 g/mol. The molecule has 1 N–H and O–H groups in total. The summed E-state index contributed by atoms with van der Waals surface area (Å²) in [4.78, 5) is 13.9. The topological polar surface area (TPSA) is 69.7 Å². The third kappa shape index (κ3) is 5.34. The van der Waals surface area contributed by atoms with Crippen molar-refractivity contribution in [2.24, 2.45) is 0 Å². The first-order valence-electron chi connectivity index (χ1n) is 8.82. The molecule has 0 bridgehead atoms. The molecule has 1 aliphatic heterocycles. The first-order valence-corrected chi connectivity index (χ1v) is 10.4.